The van der Waals surface area contributed by atoms with E-state index < -0.39 is 237 Å². The molecule has 1 aromatic rings. The summed E-state index contributed by atoms with van der Waals surface area (Å²) in [4.78, 5) is 228. The molecule has 0 radical (unpaired) electrons. The monoisotopic (exact) mass is 1490 g/mol. The van der Waals surface area contributed by atoms with Gasteiger partial charge < -0.3 is 114 Å². The number of carboxylic acid groups (broad SMARTS) is 2. The first-order valence-electron chi connectivity index (χ1n) is 33.8. The molecule has 0 fully saturated rings. The number of nitrogens with one attached hydrogen (secondary N) is 12. The number of hydrogen-bond acceptors (Lipinski definition) is 21. The zero-order valence-electron chi connectivity index (χ0n) is 59.4. The first-order chi connectivity index (χ1) is 48.8. The summed E-state index contributed by atoms with van der Waals surface area (Å²) in [5.41, 5.74) is 39.3. The molecule has 0 bridgehead atoms. The Bertz CT molecular complexity index is 3140. The lowest BCUT2D eigenvalue weighted by molar-refractivity contribution is -0.143. The van der Waals surface area contributed by atoms with Gasteiger partial charge in [-0.1, -0.05) is 78.3 Å². The van der Waals surface area contributed by atoms with Crippen LogP contribution in [0.1, 0.15) is 137 Å². The molecule has 11 atom stereocenters. The van der Waals surface area contributed by atoms with Crippen LogP contribution in [0.2, 0.25) is 0 Å². The number of carboxylic acids is 2. The van der Waals surface area contributed by atoms with Gasteiger partial charge in [-0.2, -0.15) is 12.6 Å². The fourth-order valence-corrected chi connectivity index (χ4v) is 10.1. The van der Waals surface area contributed by atoms with Crippen LogP contribution in [0.5, 0.6) is 0 Å². The number of benzene rings is 1. The number of nitrogens with two attached hydrogens (primary N) is 7. The van der Waals surface area contributed by atoms with Gasteiger partial charge in [0.2, 0.25) is 88.6 Å². The molecule has 0 aliphatic rings. The number of primary amides is 3. The lowest BCUT2D eigenvalue weighted by Gasteiger charge is -2.28. The maximum atomic E-state index is 14.4. The minimum atomic E-state index is -1.96. The average molecular weight is 1490 g/mol. The second-order valence-electron chi connectivity index (χ2n) is 25.8. The quantitative estimate of drug-likeness (QED) is 0.0125. The Morgan fingerprint density at radius 3 is 1.30 bits per heavy atom. The number of carbonyl (C=O) groups is 17. The normalized spacial score (nSPS) is 14.2. The Labute approximate surface area is 607 Å². The van der Waals surface area contributed by atoms with Crippen molar-refractivity contribution >= 4 is 119 Å². The van der Waals surface area contributed by atoms with Crippen LogP contribution in [0.15, 0.2) is 35.3 Å². The van der Waals surface area contributed by atoms with E-state index in [0.29, 0.717) is 24.9 Å². The molecular formula is C64H106N20O19S. The van der Waals surface area contributed by atoms with Crippen molar-refractivity contribution in [2.45, 2.75) is 204 Å². The molecule has 40 heteroatoms. The molecule has 0 spiro atoms. The molecule has 582 valence electrons. The van der Waals surface area contributed by atoms with Crippen LogP contribution < -0.4 is 104 Å². The van der Waals surface area contributed by atoms with Gasteiger partial charge in [-0.05, 0) is 87.6 Å². The second kappa shape index (κ2) is 48.6. The van der Waals surface area contributed by atoms with Crippen molar-refractivity contribution in [1.82, 2.24) is 63.8 Å². The molecule has 1 rings (SSSR count). The van der Waals surface area contributed by atoms with Gasteiger partial charge >= 0.3 is 11.9 Å². The highest BCUT2D eigenvalue weighted by molar-refractivity contribution is 7.80. The topological polar surface area (TPSA) is 670 Å². The number of unbranched alkanes of at least 4 members (excludes halogenated alkanes) is 1. The first kappa shape index (κ1) is 91.8. The average Bonchev–Trinajstić information content (AvgIpc) is 0.867. The Morgan fingerprint density at radius 2 is 0.846 bits per heavy atom. The molecule has 0 aliphatic heterocycles. The number of nitrogens with zero attached hydrogens (tertiary/aromatic N) is 1. The van der Waals surface area contributed by atoms with Crippen molar-refractivity contribution in [2.24, 2.45) is 62.9 Å². The van der Waals surface area contributed by atoms with Crippen molar-refractivity contribution in [3.8, 4) is 0 Å². The Morgan fingerprint density at radius 1 is 0.442 bits per heavy atom. The molecule has 39 nitrogen and oxygen atoms in total. The van der Waals surface area contributed by atoms with Gasteiger partial charge in [-0.3, -0.25) is 81.7 Å². The van der Waals surface area contributed by atoms with Crippen LogP contribution in [0.3, 0.4) is 0 Å². The lowest BCUT2D eigenvalue weighted by atomic mass is 10.0. The maximum absolute atomic E-state index is 14.4. The molecule has 28 N–H and O–H groups in total. The summed E-state index contributed by atoms with van der Waals surface area (Å²) in [5, 5.41) is 48.2. The van der Waals surface area contributed by atoms with Gasteiger partial charge in [0.05, 0.1) is 25.6 Å². The minimum Gasteiger partial charge on any atom is -0.481 e. The molecule has 0 saturated carbocycles. The van der Waals surface area contributed by atoms with E-state index in [1.54, 1.807) is 71.9 Å². The molecule has 15 amide bonds. The van der Waals surface area contributed by atoms with Crippen molar-refractivity contribution in [2.75, 3.05) is 31.9 Å². The van der Waals surface area contributed by atoms with Gasteiger partial charge in [-0.25, -0.2) is 4.79 Å². The summed E-state index contributed by atoms with van der Waals surface area (Å²) in [6, 6.07) is -8.03. The van der Waals surface area contributed by atoms with Crippen LogP contribution in [0.25, 0.3) is 0 Å². The van der Waals surface area contributed by atoms with Crippen molar-refractivity contribution < 1.29 is 91.7 Å². The van der Waals surface area contributed by atoms with Crippen LogP contribution in [-0.2, 0) is 87.9 Å². The van der Waals surface area contributed by atoms with Crippen LogP contribution in [-0.4, -0.2) is 215 Å². The largest absolute Gasteiger partial charge is 0.481 e. The third kappa shape index (κ3) is 38.1. The van der Waals surface area contributed by atoms with E-state index in [9.17, 15) is 91.7 Å². The predicted molar refractivity (Wildman–Crippen MR) is 379 cm³/mol. The number of aliphatic imine (C=N–C) groups is 1. The van der Waals surface area contributed by atoms with Crippen molar-refractivity contribution in [3.63, 3.8) is 0 Å². The van der Waals surface area contributed by atoms with Gasteiger partial charge in [0, 0.05) is 38.0 Å². The molecule has 0 unspecified atom stereocenters. The Kier molecular flexibility index (Phi) is 42.9. The molecular weight excluding hydrogens is 1380 g/mol. The Hall–Kier alpha value is -10.2. The van der Waals surface area contributed by atoms with E-state index in [-0.39, 0.29) is 62.7 Å². The fourth-order valence-electron chi connectivity index (χ4n) is 9.87. The molecule has 0 saturated heterocycles. The van der Waals surface area contributed by atoms with E-state index in [1.807, 2.05) is 0 Å². The van der Waals surface area contributed by atoms with E-state index in [1.165, 1.54) is 0 Å². The zero-order valence-corrected chi connectivity index (χ0v) is 60.3. The van der Waals surface area contributed by atoms with Crippen molar-refractivity contribution in [3.05, 3.63) is 35.9 Å². The van der Waals surface area contributed by atoms with E-state index in [4.69, 9.17) is 40.1 Å². The smallest absolute Gasteiger partial charge is 0.326 e. The molecule has 0 heterocycles. The SMILES string of the molecule is CC(C)C[C@H](NC(=O)[C@H](Cc1ccccc1)NC(=O)[C@H](CCCN=C(N)N)NC(=O)[C@H](CCC(N)=O)NC(=O)[C@H](CC(C)C)NC(=O)[C@H](CCC(N)=O)NC(=O)CNC(=O)[C@H](CC(=O)O)NC(=O)CNC(=O)[C@H](CCC(N)=O)NC(=O)[C@H](CS)NC(=O)[C@@H](NC(=O)[C@@H](N)CCCCN)C(C)C)C(=O)O. The molecule has 1 aromatic carbocycles. The number of aliphatic carboxylic acids is 2. The number of hydrogen-bond donors (Lipinski definition) is 22. The minimum absolute atomic E-state index is 0.0372. The highest BCUT2D eigenvalue weighted by Crippen LogP contribution is 2.14. The summed E-state index contributed by atoms with van der Waals surface area (Å²) < 4.78 is 0. The van der Waals surface area contributed by atoms with Crippen LogP contribution in [0, 0.1) is 17.8 Å². The van der Waals surface area contributed by atoms with E-state index in [0.717, 1.165) is 0 Å². The number of guanidine groups is 1. The second-order valence-corrected chi connectivity index (χ2v) is 26.1. The standard InChI is InChI=1S/C64H106N20O19S/c1-32(2)25-41(59(98)79-40(19-22-48(69)87)58(97)77-37(16-12-24-72-64(70)71)56(95)81-42(27-35-13-8-7-9-14-35)60(99)82-44(63(102)103)26-33(3)4)80-57(96)39(18-21-47(68)86)75-49(88)29-74-55(94)43(28-51(90)91)76-50(89)30-73-54(93)38(17-20-46(67)85)78-61(100)45(31-104)83-62(101)52(34(5)6)84-53(92)36(66)15-10-11-23-65/h7-9,13-14,32-34,36-45,52,104H,10-12,15-31,65-66H2,1-6H3,(H2,67,85)(H2,68,86)(H2,69,87)(H,73,93)(H,74,94)(H,75,88)(H,76,89)(H,77,97)(H,78,100)(H,79,98)(H,80,96)(H,81,95)(H,82,99)(H,83,101)(H,84,92)(H,90,91)(H,102,103)(H4,70,71,72)/t36-,37-,38-,39-,40-,41-,42-,43-,44-,45-,52-/m0/s1. The molecule has 104 heavy (non-hydrogen) atoms. The van der Waals surface area contributed by atoms with Gasteiger partial charge in [0.15, 0.2) is 5.96 Å². The number of amides is 15. The van der Waals surface area contributed by atoms with Gasteiger partial charge in [0.25, 0.3) is 0 Å². The van der Waals surface area contributed by atoms with Crippen molar-refractivity contribution in [1.29, 1.82) is 0 Å². The molecule has 0 aliphatic carbocycles. The lowest BCUT2D eigenvalue weighted by Crippen LogP contribution is -2.60. The van der Waals surface area contributed by atoms with Crippen LogP contribution >= 0.6 is 12.6 Å². The number of carbonyl (C=O) groups excluding carboxylic acids is 15. The first-order valence-corrected chi connectivity index (χ1v) is 34.4. The highest BCUT2D eigenvalue weighted by Gasteiger charge is 2.37. The highest BCUT2D eigenvalue weighted by atomic mass is 32.1. The summed E-state index contributed by atoms with van der Waals surface area (Å²) in [6.45, 7) is 8.35. The predicted octanol–water partition coefficient (Wildman–Crippen LogP) is -7.15. The van der Waals surface area contributed by atoms with E-state index in [2.05, 4.69) is 81.4 Å². The third-order valence-corrected chi connectivity index (χ3v) is 15.7. The van der Waals surface area contributed by atoms with Gasteiger partial charge in [0.1, 0.15) is 60.4 Å². The summed E-state index contributed by atoms with van der Waals surface area (Å²) in [7, 11) is 0. The van der Waals surface area contributed by atoms with Gasteiger partial charge in [-0.15, -0.1) is 0 Å². The zero-order chi connectivity index (χ0) is 78.9. The molecule has 0 aromatic heterocycles. The summed E-state index contributed by atoms with van der Waals surface area (Å²) >= 11 is 4.15. The number of thiol groups is 1. The Balaban J connectivity index is 3.42. The maximum Gasteiger partial charge on any atom is 0.326 e. The third-order valence-electron chi connectivity index (χ3n) is 15.4. The van der Waals surface area contributed by atoms with E-state index >= 15 is 0 Å². The summed E-state index contributed by atoms with van der Waals surface area (Å²) in [6.07, 6.45) is -3.10. The summed E-state index contributed by atoms with van der Waals surface area (Å²) in [5.74, 6) is -19.7. The van der Waals surface area contributed by atoms with Crippen LogP contribution in [0.4, 0.5) is 0 Å². The number of rotatable bonds is 52. The fraction of sp³-hybridized carbons (Fsp3) is 0.625.